The first-order valence-corrected chi connectivity index (χ1v) is 21.9. The van der Waals surface area contributed by atoms with E-state index in [-0.39, 0.29) is 21.1 Å². The van der Waals surface area contributed by atoms with Gasteiger partial charge in [-0.05, 0) is 53.4 Å². The van der Waals surface area contributed by atoms with Crippen molar-refractivity contribution in [1.29, 1.82) is 0 Å². The largest absolute Gasteiger partial charge is 0.539 e. The number of rotatable bonds is 6. The average Bonchev–Trinajstić information content (AvgIpc) is 3.03. The molecule has 0 N–H and O–H groups in total. The monoisotopic (exact) mass is 545 g/mol. The lowest BCUT2D eigenvalue weighted by atomic mass is 10.1. The fourth-order valence-corrected chi connectivity index (χ4v) is 7.13. The summed E-state index contributed by atoms with van der Waals surface area (Å²) in [5.74, 6) is 0.000116. The van der Waals surface area contributed by atoms with Crippen molar-refractivity contribution < 1.29 is 13.6 Å². The fraction of sp³-hybridized carbons (Fsp3) is 0.621. The van der Waals surface area contributed by atoms with E-state index < -0.39 is 24.9 Å². The number of nitrogens with zero attached hydrogens (tertiary/aromatic N) is 1. The number of aromatic nitrogens is 1. The van der Waals surface area contributed by atoms with Gasteiger partial charge in [0.05, 0.1) is 0 Å². The molecule has 0 spiro atoms. The highest BCUT2D eigenvalue weighted by Gasteiger charge is 2.44. The van der Waals surface area contributed by atoms with Crippen LogP contribution < -0.4 is 0 Å². The Kier molecular flexibility index (Phi) is 8.19. The molecular weight excluding hydrogens is 495 g/mol. The van der Waals surface area contributed by atoms with Gasteiger partial charge in [0.2, 0.25) is 0 Å². The molecule has 2 aromatic rings. The highest BCUT2D eigenvalue weighted by atomic mass is 28.4. The summed E-state index contributed by atoms with van der Waals surface area (Å²) >= 11 is 0. The van der Waals surface area contributed by atoms with Gasteiger partial charge in [-0.2, -0.15) is 0 Å². The first kappa shape index (κ1) is 30.6. The zero-order valence-electron chi connectivity index (χ0n) is 25.6. The molecule has 0 bridgehead atoms. The van der Waals surface area contributed by atoms with Gasteiger partial charge in [-0.15, -0.1) is 0 Å². The minimum Gasteiger partial charge on any atom is -0.539 e. The maximum Gasteiger partial charge on any atom is 0.358 e. The van der Waals surface area contributed by atoms with Crippen LogP contribution >= 0.6 is 0 Å². The molecule has 2 rings (SSSR count). The molecule has 0 saturated carbocycles. The molecule has 0 fully saturated rings. The predicted molar refractivity (Wildman–Crippen MR) is 164 cm³/mol. The Morgan fingerprint density at radius 2 is 1.22 bits per heavy atom. The molecule has 7 heteroatoms. The molecule has 0 unspecified atom stereocenters. The smallest absolute Gasteiger partial charge is 0.358 e. The van der Waals surface area contributed by atoms with Crippen molar-refractivity contribution >= 4 is 47.8 Å². The first-order chi connectivity index (χ1) is 15.9. The summed E-state index contributed by atoms with van der Waals surface area (Å²) in [6.45, 7) is 33.4. The minimum atomic E-state index is -2.33. The van der Waals surface area contributed by atoms with Gasteiger partial charge in [0.1, 0.15) is 0 Å². The third-order valence-electron chi connectivity index (χ3n) is 8.99. The van der Waals surface area contributed by atoms with Crippen LogP contribution in [0.5, 0.6) is 0 Å². The summed E-state index contributed by atoms with van der Waals surface area (Å²) in [6, 6.07) is 8.50. The molecule has 0 aliphatic rings. The fourth-order valence-electron chi connectivity index (χ4n) is 3.28. The van der Waals surface area contributed by atoms with Crippen LogP contribution in [0.1, 0.15) is 67.9 Å². The van der Waals surface area contributed by atoms with Crippen molar-refractivity contribution in [3.8, 4) is 0 Å². The second-order valence-electron chi connectivity index (χ2n) is 14.8. The number of hydrogen-bond donors (Lipinski definition) is 0. The lowest BCUT2D eigenvalue weighted by Crippen LogP contribution is -2.45. The Hall–Kier alpha value is -1.58. The highest BCUT2D eigenvalue weighted by Crippen LogP contribution is 2.42. The van der Waals surface area contributed by atoms with E-state index in [9.17, 15) is 4.79 Å². The molecule has 0 atom stereocenters. The van der Waals surface area contributed by atoms with E-state index >= 15 is 0 Å². The summed E-state index contributed by atoms with van der Waals surface area (Å²) in [5.41, 5.74) is 2.22. The van der Waals surface area contributed by atoms with Crippen LogP contribution in [0.4, 0.5) is 0 Å². The van der Waals surface area contributed by atoms with Gasteiger partial charge in [-0.3, -0.25) is 0 Å². The summed E-state index contributed by atoms with van der Waals surface area (Å²) < 4.78 is 15.4. The molecule has 0 radical (unpaired) electrons. The van der Waals surface area contributed by atoms with Gasteiger partial charge in [-0.1, -0.05) is 93.6 Å². The maximum absolute atomic E-state index is 13.8. The second kappa shape index (κ2) is 9.62. The van der Waals surface area contributed by atoms with E-state index in [1.165, 1.54) is 5.52 Å². The topological polar surface area (TPSA) is 40.5 Å². The van der Waals surface area contributed by atoms with Crippen molar-refractivity contribution in [3.05, 3.63) is 41.8 Å². The first-order valence-electron chi connectivity index (χ1n) is 13.2. The highest BCUT2D eigenvalue weighted by molar-refractivity contribution is 6.79. The van der Waals surface area contributed by atoms with Crippen LogP contribution in [-0.4, -0.2) is 35.1 Å². The lowest BCUT2D eigenvalue weighted by molar-refractivity contribution is -0.133. The van der Waals surface area contributed by atoms with Crippen molar-refractivity contribution in [2.24, 2.45) is 0 Å². The third-order valence-corrected chi connectivity index (χ3v) is 22.9. The second-order valence-corrected chi connectivity index (χ2v) is 29.4. The Morgan fingerprint density at radius 1 is 0.750 bits per heavy atom. The number of para-hydroxylation sites is 1. The van der Waals surface area contributed by atoms with E-state index in [1.807, 2.05) is 6.08 Å². The summed E-state index contributed by atoms with van der Waals surface area (Å²) in [4.78, 5) is 13.8. The van der Waals surface area contributed by atoms with Crippen molar-refractivity contribution in [3.63, 3.8) is 0 Å². The predicted octanol–water partition coefficient (Wildman–Crippen LogP) is 9.41. The molecule has 1 heterocycles. The van der Waals surface area contributed by atoms with Crippen molar-refractivity contribution in [1.82, 2.24) is 4.23 Å². The maximum atomic E-state index is 13.8. The zero-order chi connectivity index (χ0) is 28.1. The summed E-state index contributed by atoms with van der Waals surface area (Å²) in [5, 5.41) is 1.18. The number of carbonyl (C=O) groups excluding carboxylic acids is 1. The van der Waals surface area contributed by atoms with Crippen LogP contribution in [-0.2, 0) is 13.6 Å². The van der Waals surface area contributed by atoms with Gasteiger partial charge in [0.15, 0.2) is 14.0 Å². The van der Waals surface area contributed by atoms with Gasteiger partial charge < -0.3 is 13.1 Å². The van der Waals surface area contributed by atoms with Crippen LogP contribution in [0.3, 0.4) is 0 Å². The molecule has 0 aliphatic carbocycles. The van der Waals surface area contributed by atoms with E-state index in [0.717, 1.165) is 10.9 Å². The molecule has 0 aliphatic heterocycles. The number of hydrogen-bond acceptors (Lipinski definition) is 3. The Labute approximate surface area is 223 Å². The normalized spacial score (nSPS) is 14.8. The van der Waals surface area contributed by atoms with Crippen LogP contribution in [0, 0.1) is 0 Å². The molecule has 36 heavy (non-hydrogen) atoms. The van der Waals surface area contributed by atoms with Crippen molar-refractivity contribution in [2.75, 3.05) is 0 Å². The Balaban J connectivity index is 2.76. The number of fused-ring (bicyclic) bond motifs is 1. The molecule has 0 saturated heterocycles. The standard InChI is InChI=1S/C29H51NO3Si3/c1-27(2,3)34(10,11)30-21-22(23-18-16-17-19-24(23)30)20-25(32-35(12,13)28(4,5)6)26(31)33-36(14,15)29(7,8)9/h16-21H,1-15H3/b25-20+. The van der Waals surface area contributed by atoms with Gasteiger partial charge in [0.25, 0.3) is 16.6 Å². The van der Waals surface area contributed by atoms with Gasteiger partial charge in [0, 0.05) is 22.7 Å². The Bertz CT molecular complexity index is 1140. The zero-order valence-corrected chi connectivity index (χ0v) is 28.6. The lowest BCUT2D eigenvalue weighted by Gasteiger charge is -2.39. The molecule has 1 aromatic carbocycles. The van der Waals surface area contributed by atoms with Crippen LogP contribution in [0.2, 0.25) is 54.4 Å². The van der Waals surface area contributed by atoms with Crippen LogP contribution in [0.15, 0.2) is 36.2 Å². The van der Waals surface area contributed by atoms with Crippen LogP contribution in [0.25, 0.3) is 17.0 Å². The summed E-state index contributed by atoms with van der Waals surface area (Å²) in [7, 11) is -6.51. The van der Waals surface area contributed by atoms with Gasteiger partial charge >= 0.3 is 5.97 Å². The number of carbonyl (C=O) groups is 1. The van der Waals surface area contributed by atoms with E-state index in [1.54, 1.807) is 0 Å². The van der Waals surface area contributed by atoms with Crippen molar-refractivity contribution in [2.45, 2.75) is 117 Å². The van der Waals surface area contributed by atoms with E-state index in [2.05, 4.69) is 136 Å². The quantitative estimate of drug-likeness (QED) is 0.206. The molecule has 202 valence electrons. The molecule has 0 amide bonds. The third kappa shape index (κ3) is 6.10. The summed E-state index contributed by atoms with van der Waals surface area (Å²) in [6.07, 6.45) is 4.18. The minimum absolute atomic E-state index is 0.0432. The van der Waals surface area contributed by atoms with Gasteiger partial charge in [-0.25, -0.2) is 4.79 Å². The Morgan fingerprint density at radius 3 is 1.69 bits per heavy atom. The average molecular weight is 546 g/mol. The molecule has 4 nitrogen and oxygen atoms in total. The molecular formula is C29H51NO3Si3. The van der Waals surface area contributed by atoms with E-state index in [4.69, 9.17) is 8.85 Å². The SMILES string of the molecule is CC(C)(C)[Si](C)(C)OC(=O)/C(=C\c1cn([Si](C)(C)C(C)(C)C)c2ccccc12)O[Si](C)(C)C(C)(C)C. The van der Waals surface area contributed by atoms with E-state index in [0.29, 0.717) is 5.76 Å². The number of benzene rings is 1. The molecule has 1 aromatic heterocycles.